The molecule has 1 N–H and O–H groups in total. The van der Waals surface area contributed by atoms with Gasteiger partial charge in [0, 0.05) is 45.6 Å². The Labute approximate surface area is 209 Å². The van der Waals surface area contributed by atoms with Gasteiger partial charge in [-0.1, -0.05) is 48.4 Å². The largest absolute Gasteiger partial charge is 0.357 e. The molecule has 3 heterocycles. The predicted molar refractivity (Wildman–Crippen MR) is 143 cm³/mol. The highest BCUT2D eigenvalue weighted by Crippen LogP contribution is 2.20. The first-order valence-corrected chi connectivity index (χ1v) is 12.0. The fraction of sp³-hybridized carbons (Fsp3) is 0.560. The summed E-state index contributed by atoms with van der Waals surface area (Å²) in [5.74, 6) is 3.38. The van der Waals surface area contributed by atoms with Gasteiger partial charge in [-0.3, -0.25) is 4.99 Å². The number of fused-ring (bicyclic) bond motifs is 1. The number of nitrogens with zero attached hydrogens (tertiary/aromatic N) is 5. The van der Waals surface area contributed by atoms with Gasteiger partial charge in [-0.15, -0.1) is 34.2 Å². The number of guanidine groups is 1. The van der Waals surface area contributed by atoms with Gasteiger partial charge >= 0.3 is 0 Å². The predicted octanol–water partition coefficient (Wildman–Crippen LogP) is 4.70. The van der Waals surface area contributed by atoms with Crippen LogP contribution in [-0.4, -0.2) is 51.8 Å². The minimum Gasteiger partial charge on any atom is -0.357 e. The molecule has 1 aromatic carbocycles. The third-order valence-electron chi connectivity index (χ3n) is 6.22. The van der Waals surface area contributed by atoms with E-state index in [1.807, 2.05) is 0 Å². The van der Waals surface area contributed by atoms with Gasteiger partial charge in [0.15, 0.2) is 5.96 Å². The zero-order valence-electron chi connectivity index (χ0n) is 19.3. The number of aliphatic imine (C=N–C) groups is 1. The van der Waals surface area contributed by atoms with Gasteiger partial charge < -0.3 is 14.8 Å². The molecule has 174 valence electrons. The molecule has 0 saturated carbocycles. The molecule has 32 heavy (non-hydrogen) atoms. The quantitative estimate of drug-likeness (QED) is 0.246. The normalized spacial score (nSPS) is 16.7. The van der Waals surface area contributed by atoms with Gasteiger partial charge in [-0.05, 0) is 44.6 Å². The smallest absolute Gasteiger partial charge is 0.193 e. The Bertz CT molecular complexity index is 879. The van der Waals surface area contributed by atoms with Crippen LogP contribution < -0.4 is 5.32 Å². The molecule has 2 aliphatic heterocycles. The molecule has 0 amide bonds. The van der Waals surface area contributed by atoms with Crippen LogP contribution in [0.4, 0.5) is 0 Å². The molecule has 4 rings (SSSR count). The van der Waals surface area contributed by atoms with E-state index in [9.17, 15) is 0 Å². The lowest BCUT2D eigenvalue weighted by molar-refractivity contribution is 0.375. The average molecular weight is 549 g/mol. The number of rotatable bonds is 6. The van der Waals surface area contributed by atoms with Gasteiger partial charge in [0.25, 0.3) is 0 Å². The fourth-order valence-corrected chi connectivity index (χ4v) is 4.51. The molecule has 0 aliphatic carbocycles. The van der Waals surface area contributed by atoms with Gasteiger partial charge in [0.2, 0.25) is 0 Å². The Morgan fingerprint density at radius 3 is 2.62 bits per heavy atom. The van der Waals surface area contributed by atoms with E-state index in [4.69, 9.17) is 4.99 Å². The zero-order valence-corrected chi connectivity index (χ0v) is 21.6. The van der Waals surface area contributed by atoms with E-state index in [1.165, 1.54) is 36.2 Å². The van der Waals surface area contributed by atoms with Gasteiger partial charge in [-0.2, -0.15) is 0 Å². The molecular weight excluding hydrogens is 511 g/mol. The van der Waals surface area contributed by atoms with E-state index >= 15 is 0 Å². The lowest BCUT2D eigenvalue weighted by atomic mass is 10.0. The maximum Gasteiger partial charge on any atom is 0.193 e. The molecule has 6 nitrogen and oxygen atoms in total. The number of piperidine rings is 1. The molecule has 7 heteroatoms. The minimum absolute atomic E-state index is 0. The number of aromatic nitrogens is 3. The molecule has 0 bridgehead atoms. The van der Waals surface area contributed by atoms with Crippen LogP contribution in [0.2, 0.25) is 0 Å². The highest BCUT2D eigenvalue weighted by Gasteiger charge is 2.17. The SMILES string of the molecule is CCNC(=NCCCc1nnc2n1CCCCC2)N1CCC(=Cc2ccccc2)CC1.I. The van der Waals surface area contributed by atoms with E-state index in [-0.39, 0.29) is 24.0 Å². The van der Waals surface area contributed by atoms with Crippen molar-refractivity contribution < 1.29 is 0 Å². The first-order valence-electron chi connectivity index (χ1n) is 12.0. The number of likely N-dealkylation sites (tertiary alicyclic amines) is 1. The van der Waals surface area contributed by atoms with Crippen LogP contribution in [0.3, 0.4) is 0 Å². The van der Waals surface area contributed by atoms with Crippen molar-refractivity contribution in [3.63, 3.8) is 0 Å². The molecule has 1 saturated heterocycles. The van der Waals surface area contributed by atoms with E-state index < -0.39 is 0 Å². The van der Waals surface area contributed by atoms with Crippen molar-refractivity contribution >= 4 is 36.0 Å². The first kappa shape index (κ1) is 24.7. The van der Waals surface area contributed by atoms with Crippen molar-refractivity contribution in [3.8, 4) is 0 Å². The standard InChI is InChI=1S/C25H36N6.HI/c1-2-26-25(30-18-14-22(15-19-30)20-21-10-5-3-6-11-21)27-16-9-13-24-29-28-23-12-7-4-8-17-31(23)24;/h3,5-6,10-11,20H,2,4,7-9,12-19H2,1H3,(H,26,27);1H. The van der Waals surface area contributed by atoms with Gasteiger partial charge in [0.05, 0.1) is 0 Å². The lowest BCUT2D eigenvalue weighted by Gasteiger charge is -2.31. The fourth-order valence-electron chi connectivity index (χ4n) is 4.51. The zero-order chi connectivity index (χ0) is 21.3. The van der Waals surface area contributed by atoms with Crippen molar-refractivity contribution in [2.24, 2.45) is 4.99 Å². The Balaban J connectivity index is 0.00000289. The number of halogens is 1. The Hall–Kier alpha value is -1.90. The Kier molecular flexibility index (Phi) is 10.0. The second-order valence-electron chi connectivity index (χ2n) is 8.53. The molecule has 0 unspecified atom stereocenters. The second-order valence-corrected chi connectivity index (χ2v) is 8.53. The third kappa shape index (κ3) is 6.80. The van der Waals surface area contributed by atoms with Crippen molar-refractivity contribution in [1.82, 2.24) is 25.0 Å². The van der Waals surface area contributed by atoms with E-state index in [2.05, 4.69) is 68.3 Å². The van der Waals surface area contributed by atoms with Crippen molar-refractivity contribution in [2.75, 3.05) is 26.2 Å². The summed E-state index contributed by atoms with van der Waals surface area (Å²) in [6, 6.07) is 10.6. The number of aryl methyl sites for hydroxylation is 2. The molecule has 0 atom stereocenters. The second kappa shape index (κ2) is 13.0. The number of hydrogen-bond acceptors (Lipinski definition) is 3. The lowest BCUT2D eigenvalue weighted by Crippen LogP contribution is -2.44. The molecule has 2 aromatic rings. The van der Waals surface area contributed by atoms with E-state index in [0.717, 1.165) is 76.6 Å². The van der Waals surface area contributed by atoms with Crippen LogP contribution in [0.15, 0.2) is 40.9 Å². The Morgan fingerprint density at radius 1 is 1.03 bits per heavy atom. The number of hydrogen-bond donors (Lipinski definition) is 1. The highest BCUT2D eigenvalue weighted by atomic mass is 127. The first-order chi connectivity index (χ1) is 15.3. The maximum atomic E-state index is 4.93. The van der Waals surface area contributed by atoms with Crippen LogP contribution in [0.1, 0.15) is 62.7 Å². The molecule has 1 fully saturated rings. The van der Waals surface area contributed by atoms with Crippen molar-refractivity contribution in [2.45, 2.75) is 64.8 Å². The number of benzene rings is 1. The third-order valence-corrected chi connectivity index (χ3v) is 6.22. The molecule has 0 radical (unpaired) electrons. The van der Waals surface area contributed by atoms with Crippen LogP contribution in [0.5, 0.6) is 0 Å². The summed E-state index contributed by atoms with van der Waals surface area (Å²) in [4.78, 5) is 7.34. The monoisotopic (exact) mass is 548 g/mol. The average Bonchev–Trinajstić information content (AvgIpc) is 3.03. The van der Waals surface area contributed by atoms with E-state index in [0.29, 0.717) is 0 Å². The summed E-state index contributed by atoms with van der Waals surface area (Å²) in [5.41, 5.74) is 2.84. The maximum absolute atomic E-state index is 4.93. The highest BCUT2D eigenvalue weighted by molar-refractivity contribution is 14.0. The summed E-state index contributed by atoms with van der Waals surface area (Å²) >= 11 is 0. The van der Waals surface area contributed by atoms with E-state index in [1.54, 1.807) is 0 Å². The molecular formula is C25H37IN6. The van der Waals surface area contributed by atoms with Crippen LogP contribution in [0.25, 0.3) is 6.08 Å². The summed E-state index contributed by atoms with van der Waals surface area (Å²) in [6.07, 6.45) is 11.4. The molecule has 1 aromatic heterocycles. The van der Waals surface area contributed by atoms with Crippen LogP contribution in [-0.2, 0) is 19.4 Å². The van der Waals surface area contributed by atoms with Crippen molar-refractivity contribution in [3.05, 3.63) is 53.1 Å². The summed E-state index contributed by atoms with van der Waals surface area (Å²) in [6.45, 7) is 7.01. The summed E-state index contributed by atoms with van der Waals surface area (Å²) in [7, 11) is 0. The van der Waals surface area contributed by atoms with Gasteiger partial charge in [0.1, 0.15) is 11.6 Å². The topological polar surface area (TPSA) is 58.3 Å². The molecule has 0 spiro atoms. The van der Waals surface area contributed by atoms with Gasteiger partial charge in [-0.25, -0.2) is 0 Å². The van der Waals surface area contributed by atoms with Crippen LogP contribution >= 0.6 is 24.0 Å². The summed E-state index contributed by atoms with van der Waals surface area (Å²) < 4.78 is 2.35. The van der Waals surface area contributed by atoms with Crippen molar-refractivity contribution in [1.29, 1.82) is 0 Å². The minimum atomic E-state index is 0. The Morgan fingerprint density at radius 2 is 1.84 bits per heavy atom. The summed E-state index contributed by atoms with van der Waals surface area (Å²) in [5, 5.41) is 12.4. The number of nitrogens with one attached hydrogen (secondary N) is 1. The van der Waals surface area contributed by atoms with Crippen LogP contribution in [0, 0.1) is 0 Å². The molecule has 2 aliphatic rings.